The van der Waals surface area contributed by atoms with Crippen LogP contribution in [0.4, 0.5) is 0 Å². The second kappa shape index (κ2) is 6.89. The average Bonchev–Trinajstić information content (AvgIpc) is 2.36. The molecule has 1 rings (SSSR count). The summed E-state index contributed by atoms with van der Waals surface area (Å²) in [6, 6.07) is 0. The molecule has 5 heteroatoms. The van der Waals surface area contributed by atoms with Gasteiger partial charge in [0.2, 0.25) is 5.91 Å². The Morgan fingerprint density at radius 3 is 2.63 bits per heavy atom. The number of rotatable bonds is 6. The molecule has 19 heavy (non-hydrogen) atoms. The van der Waals surface area contributed by atoms with Crippen molar-refractivity contribution in [2.75, 3.05) is 19.6 Å². The standard InChI is InChI=1S/C14H26N2O3/c1-14(2,7-8-15)6-5-12(17)16-9-3-4-11(10-16)13(18)19/h11H,3-10,15H2,1-2H3,(H,18,19)/t11-/m1/s1. The fraction of sp³-hybridized carbons (Fsp3) is 0.857. The largest absolute Gasteiger partial charge is 0.481 e. The number of carbonyl (C=O) groups is 2. The summed E-state index contributed by atoms with van der Waals surface area (Å²) in [4.78, 5) is 24.8. The van der Waals surface area contributed by atoms with Crippen LogP contribution in [0, 0.1) is 11.3 Å². The summed E-state index contributed by atoms with van der Waals surface area (Å²) in [5, 5.41) is 9.02. The van der Waals surface area contributed by atoms with E-state index >= 15 is 0 Å². The van der Waals surface area contributed by atoms with Crippen molar-refractivity contribution in [1.29, 1.82) is 0 Å². The molecule has 0 unspecified atom stereocenters. The number of carboxylic acids is 1. The lowest BCUT2D eigenvalue weighted by Crippen LogP contribution is -2.42. The summed E-state index contributed by atoms with van der Waals surface area (Å²) < 4.78 is 0. The zero-order chi connectivity index (χ0) is 14.5. The Balaban J connectivity index is 2.43. The lowest BCUT2D eigenvalue weighted by Gasteiger charge is -2.32. The molecule has 3 N–H and O–H groups in total. The zero-order valence-electron chi connectivity index (χ0n) is 12.0. The van der Waals surface area contributed by atoms with Crippen LogP contribution in [0.2, 0.25) is 0 Å². The molecule has 0 aromatic heterocycles. The van der Waals surface area contributed by atoms with Crippen molar-refractivity contribution in [3.8, 4) is 0 Å². The number of nitrogens with zero attached hydrogens (tertiary/aromatic N) is 1. The van der Waals surface area contributed by atoms with Crippen molar-refractivity contribution in [2.24, 2.45) is 17.1 Å². The van der Waals surface area contributed by atoms with E-state index in [1.165, 1.54) is 0 Å². The molecule has 1 aliphatic heterocycles. The van der Waals surface area contributed by atoms with Crippen molar-refractivity contribution in [3.05, 3.63) is 0 Å². The van der Waals surface area contributed by atoms with Gasteiger partial charge in [-0.25, -0.2) is 0 Å². The average molecular weight is 270 g/mol. The zero-order valence-corrected chi connectivity index (χ0v) is 12.0. The Hall–Kier alpha value is -1.10. The number of piperidine rings is 1. The summed E-state index contributed by atoms with van der Waals surface area (Å²) in [7, 11) is 0. The molecule has 1 fully saturated rings. The van der Waals surface area contributed by atoms with E-state index in [9.17, 15) is 9.59 Å². The molecule has 1 saturated heterocycles. The van der Waals surface area contributed by atoms with Crippen LogP contribution in [0.3, 0.4) is 0 Å². The van der Waals surface area contributed by atoms with E-state index in [4.69, 9.17) is 10.8 Å². The summed E-state index contributed by atoms with van der Waals surface area (Å²) in [6.45, 7) is 5.92. The molecule has 0 bridgehead atoms. The monoisotopic (exact) mass is 270 g/mol. The Morgan fingerprint density at radius 1 is 1.37 bits per heavy atom. The van der Waals surface area contributed by atoms with E-state index in [1.807, 2.05) is 0 Å². The molecule has 0 aliphatic carbocycles. The minimum atomic E-state index is -0.791. The second-order valence-corrected chi connectivity index (χ2v) is 6.22. The predicted octanol–water partition coefficient (Wildman–Crippen LogP) is 1.46. The van der Waals surface area contributed by atoms with Crippen LogP contribution in [-0.4, -0.2) is 41.5 Å². The van der Waals surface area contributed by atoms with Crippen LogP contribution >= 0.6 is 0 Å². The lowest BCUT2D eigenvalue weighted by molar-refractivity contribution is -0.145. The fourth-order valence-corrected chi connectivity index (χ4v) is 2.52. The maximum absolute atomic E-state index is 12.1. The normalized spacial score (nSPS) is 20.4. The van der Waals surface area contributed by atoms with Crippen molar-refractivity contribution in [3.63, 3.8) is 0 Å². The first-order valence-corrected chi connectivity index (χ1v) is 7.06. The van der Waals surface area contributed by atoms with Gasteiger partial charge in [-0.3, -0.25) is 9.59 Å². The summed E-state index contributed by atoms with van der Waals surface area (Å²) >= 11 is 0. The molecule has 5 nitrogen and oxygen atoms in total. The molecular formula is C14H26N2O3. The molecule has 1 aliphatic rings. The molecule has 0 radical (unpaired) electrons. The van der Waals surface area contributed by atoms with Crippen molar-refractivity contribution in [1.82, 2.24) is 4.90 Å². The van der Waals surface area contributed by atoms with Crippen LogP contribution in [0.25, 0.3) is 0 Å². The van der Waals surface area contributed by atoms with Gasteiger partial charge in [0.1, 0.15) is 0 Å². The first kappa shape index (κ1) is 16.0. The van der Waals surface area contributed by atoms with Gasteiger partial charge < -0.3 is 15.7 Å². The summed E-state index contributed by atoms with van der Waals surface area (Å²) in [5.41, 5.74) is 5.63. The lowest BCUT2D eigenvalue weighted by atomic mass is 9.84. The molecule has 0 aromatic carbocycles. The minimum Gasteiger partial charge on any atom is -0.481 e. The van der Waals surface area contributed by atoms with Crippen molar-refractivity contribution < 1.29 is 14.7 Å². The number of hydrogen-bond acceptors (Lipinski definition) is 3. The Bertz CT molecular complexity index is 329. The second-order valence-electron chi connectivity index (χ2n) is 6.22. The molecular weight excluding hydrogens is 244 g/mol. The third-order valence-corrected chi connectivity index (χ3v) is 3.96. The topological polar surface area (TPSA) is 83.6 Å². The quantitative estimate of drug-likeness (QED) is 0.765. The van der Waals surface area contributed by atoms with Crippen LogP contribution < -0.4 is 5.73 Å². The number of likely N-dealkylation sites (tertiary alicyclic amines) is 1. The molecule has 1 heterocycles. The van der Waals surface area contributed by atoms with Crippen molar-refractivity contribution in [2.45, 2.75) is 46.0 Å². The van der Waals surface area contributed by atoms with Gasteiger partial charge in [0.25, 0.3) is 0 Å². The predicted molar refractivity (Wildman–Crippen MR) is 73.6 cm³/mol. The highest BCUT2D eigenvalue weighted by Gasteiger charge is 2.28. The Morgan fingerprint density at radius 2 is 2.05 bits per heavy atom. The fourth-order valence-electron chi connectivity index (χ4n) is 2.52. The molecule has 1 atom stereocenters. The van der Waals surface area contributed by atoms with Crippen LogP contribution in [0.5, 0.6) is 0 Å². The molecule has 0 aromatic rings. The van der Waals surface area contributed by atoms with Gasteiger partial charge in [-0.1, -0.05) is 13.8 Å². The van der Waals surface area contributed by atoms with Crippen LogP contribution in [0.15, 0.2) is 0 Å². The van der Waals surface area contributed by atoms with Gasteiger partial charge in [-0.15, -0.1) is 0 Å². The van der Waals surface area contributed by atoms with Gasteiger partial charge in [-0.2, -0.15) is 0 Å². The maximum atomic E-state index is 12.1. The van der Waals surface area contributed by atoms with Gasteiger partial charge >= 0.3 is 5.97 Å². The summed E-state index contributed by atoms with van der Waals surface area (Å²) in [6.07, 6.45) is 3.65. The molecule has 0 spiro atoms. The maximum Gasteiger partial charge on any atom is 0.308 e. The smallest absolute Gasteiger partial charge is 0.308 e. The van der Waals surface area contributed by atoms with E-state index in [2.05, 4.69) is 13.8 Å². The van der Waals surface area contributed by atoms with Gasteiger partial charge in [0.05, 0.1) is 5.92 Å². The number of aliphatic carboxylic acids is 1. The van der Waals surface area contributed by atoms with E-state index in [1.54, 1.807) is 4.90 Å². The van der Waals surface area contributed by atoms with Crippen LogP contribution in [-0.2, 0) is 9.59 Å². The molecule has 1 amide bonds. The number of nitrogens with two attached hydrogens (primary N) is 1. The van der Waals surface area contributed by atoms with Gasteiger partial charge in [-0.05, 0) is 37.6 Å². The highest BCUT2D eigenvalue weighted by molar-refractivity contribution is 5.78. The van der Waals surface area contributed by atoms with E-state index in [0.29, 0.717) is 32.5 Å². The first-order chi connectivity index (χ1) is 8.85. The third-order valence-electron chi connectivity index (χ3n) is 3.96. The van der Waals surface area contributed by atoms with E-state index < -0.39 is 11.9 Å². The Labute approximate surface area is 115 Å². The SMILES string of the molecule is CC(C)(CCN)CCC(=O)N1CCC[C@@H](C(=O)O)C1. The highest BCUT2D eigenvalue weighted by atomic mass is 16.4. The molecule has 0 saturated carbocycles. The number of hydrogen-bond donors (Lipinski definition) is 2. The number of carbonyl (C=O) groups excluding carboxylic acids is 1. The summed E-state index contributed by atoms with van der Waals surface area (Å²) in [5.74, 6) is -1.10. The van der Waals surface area contributed by atoms with Crippen molar-refractivity contribution >= 4 is 11.9 Å². The first-order valence-electron chi connectivity index (χ1n) is 7.06. The minimum absolute atomic E-state index is 0.0758. The van der Waals surface area contributed by atoms with E-state index in [-0.39, 0.29) is 11.3 Å². The van der Waals surface area contributed by atoms with Gasteiger partial charge in [0.15, 0.2) is 0 Å². The Kier molecular flexibility index (Phi) is 5.79. The third kappa shape index (κ3) is 5.19. The van der Waals surface area contributed by atoms with Crippen LogP contribution in [0.1, 0.15) is 46.0 Å². The number of carboxylic acid groups (broad SMARTS) is 1. The molecule has 110 valence electrons. The number of amides is 1. The van der Waals surface area contributed by atoms with E-state index in [0.717, 1.165) is 19.3 Å². The van der Waals surface area contributed by atoms with Gasteiger partial charge in [0, 0.05) is 19.5 Å². The highest BCUT2D eigenvalue weighted by Crippen LogP contribution is 2.27.